The van der Waals surface area contributed by atoms with Crippen molar-refractivity contribution in [2.75, 3.05) is 31.4 Å². The molecular formula is C20H19N3O4S. The van der Waals surface area contributed by atoms with Gasteiger partial charge in [0.1, 0.15) is 19.0 Å². The van der Waals surface area contributed by atoms with Crippen LogP contribution in [0.25, 0.3) is 5.69 Å². The fourth-order valence-electron chi connectivity index (χ4n) is 2.80. The minimum absolute atomic E-state index is 0.123. The maximum Gasteiger partial charge on any atom is 0.234 e. The molecule has 0 bridgehead atoms. The fraction of sp³-hybridized carbons (Fsp3) is 0.200. The lowest BCUT2D eigenvalue weighted by Gasteiger charge is -2.19. The van der Waals surface area contributed by atoms with Gasteiger partial charge in [0.05, 0.1) is 18.6 Å². The van der Waals surface area contributed by atoms with Gasteiger partial charge in [-0.05, 0) is 24.3 Å². The summed E-state index contributed by atoms with van der Waals surface area (Å²) in [6, 6.07) is 13.0. The zero-order chi connectivity index (χ0) is 19.3. The smallest absolute Gasteiger partial charge is 0.234 e. The van der Waals surface area contributed by atoms with Crippen LogP contribution in [-0.2, 0) is 4.79 Å². The minimum atomic E-state index is -0.123. The summed E-state index contributed by atoms with van der Waals surface area (Å²) in [6.07, 6.45) is 3.57. The van der Waals surface area contributed by atoms with Gasteiger partial charge in [-0.3, -0.25) is 9.36 Å². The Hall–Kier alpha value is -3.13. The Kier molecular flexibility index (Phi) is 5.38. The molecule has 4 rings (SSSR count). The first kappa shape index (κ1) is 18.2. The number of rotatable bonds is 6. The molecule has 0 radical (unpaired) electrons. The van der Waals surface area contributed by atoms with E-state index in [9.17, 15) is 4.79 Å². The SMILES string of the molecule is COc1cccc(-n2ccnc2SCC(=O)Nc2ccc3c(c2)OCCO3)c1. The number of methoxy groups -OCH3 is 1. The lowest BCUT2D eigenvalue weighted by Crippen LogP contribution is -2.17. The van der Waals surface area contributed by atoms with E-state index in [-0.39, 0.29) is 11.7 Å². The summed E-state index contributed by atoms with van der Waals surface area (Å²) in [5.41, 5.74) is 1.59. The van der Waals surface area contributed by atoms with Crippen molar-refractivity contribution in [3.63, 3.8) is 0 Å². The van der Waals surface area contributed by atoms with Crippen molar-refractivity contribution in [1.29, 1.82) is 0 Å². The Bertz CT molecular complexity index is 989. The second-order valence-electron chi connectivity index (χ2n) is 5.98. The Morgan fingerprint density at radius 1 is 1.21 bits per heavy atom. The normalized spacial score (nSPS) is 12.5. The van der Waals surface area contributed by atoms with Crippen LogP contribution >= 0.6 is 11.8 Å². The molecule has 8 heteroatoms. The van der Waals surface area contributed by atoms with Crippen LogP contribution in [0.4, 0.5) is 5.69 Å². The van der Waals surface area contributed by atoms with Gasteiger partial charge in [0.15, 0.2) is 16.7 Å². The van der Waals surface area contributed by atoms with E-state index in [1.54, 1.807) is 31.5 Å². The van der Waals surface area contributed by atoms with E-state index in [1.807, 2.05) is 35.0 Å². The van der Waals surface area contributed by atoms with Crippen molar-refractivity contribution in [1.82, 2.24) is 9.55 Å². The summed E-state index contributed by atoms with van der Waals surface area (Å²) in [6.45, 7) is 1.04. The molecule has 2 aromatic carbocycles. The third kappa shape index (κ3) is 4.07. The van der Waals surface area contributed by atoms with Gasteiger partial charge in [0.2, 0.25) is 5.91 Å². The number of nitrogens with one attached hydrogen (secondary N) is 1. The van der Waals surface area contributed by atoms with Crippen LogP contribution < -0.4 is 19.5 Å². The van der Waals surface area contributed by atoms with Crippen LogP contribution in [0.5, 0.6) is 17.2 Å². The molecular weight excluding hydrogens is 378 g/mol. The third-order valence-electron chi connectivity index (χ3n) is 4.10. The van der Waals surface area contributed by atoms with E-state index in [1.165, 1.54) is 11.8 Å². The van der Waals surface area contributed by atoms with E-state index < -0.39 is 0 Å². The summed E-state index contributed by atoms with van der Waals surface area (Å²) in [7, 11) is 1.63. The van der Waals surface area contributed by atoms with Crippen LogP contribution in [0.15, 0.2) is 60.0 Å². The molecule has 1 amide bonds. The van der Waals surface area contributed by atoms with E-state index >= 15 is 0 Å². The number of carbonyl (C=O) groups excluding carboxylic acids is 1. The Morgan fingerprint density at radius 3 is 2.93 bits per heavy atom. The van der Waals surface area contributed by atoms with Crippen molar-refractivity contribution in [3.8, 4) is 22.9 Å². The molecule has 28 heavy (non-hydrogen) atoms. The summed E-state index contributed by atoms with van der Waals surface area (Å²) in [4.78, 5) is 16.7. The first-order chi connectivity index (χ1) is 13.7. The number of thioether (sulfide) groups is 1. The molecule has 0 unspecified atom stereocenters. The number of hydrogen-bond donors (Lipinski definition) is 1. The Labute approximate surface area is 166 Å². The molecule has 7 nitrogen and oxygen atoms in total. The number of anilines is 1. The maximum atomic E-state index is 12.4. The van der Waals surface area contributed by atoms with Crippen molar-refractivity contribution in [3.05, 3.63) is 54.9 Å². The van der Waals surface area contributed by atoms with E-state index in [0.717, 1.165) is 16.6 Å². The fourth-order valence-corrected chi connectivity index (χ4v) is 3.57. The highest BCUT2D eigenvalue weighted by molar-refractivity contribution is 7.99. The number of aromatic nitrogens is 2. The van der Waals surface area contributed by atoms with Crippen molar-refractivity contribution in [2.45, 2.75) is 5.16 Å². The van der Waals surface area contributed by atoms with E-state index in [2.05, 4.69) is 10.3 Å². The monoisotopic (exact) mass is 397 g/mol. The molecule has 3 aromatic rings. The van der Waals surface area contributed by atoms with Gasteiger partial charge in [-0.15, -0.1) is 0 Å². The molecule has 0 saturated carbocycles. The summed E-state index contributed by atoms with van der Waals surface area (Å²) in [5.74, 6) is 2.21. The topological polar surface area (TPSA) is 74.6 Å². The van der Waals surface area contributed by atoms with Crippen LogP contribution in [0.1, 0.15) is 0 Å². The first-order valence-electron chi connectivity index (χ1n) is 8.73. The predicted molar refractivity (Wildman–Crippen MR) is 107 cm³/mol. The molecule has 0 spiro atoms. The molecule has 0 aliphatic carbocycles. The molecule has 1 aliphatic heterocycles. The molecule has 144 valence electrons. The molecule has 0 saturated heterocycles. The van der Waals surface area contributed by atoms with Crippen LogP contribution in [0, 0.1) is 0 Å². The van der Waals surface area contributed by atoms with Gasteiger partial charge in [-0.25, -0.2) is 4.98 Å². The highest BCUT2D eigenvalue weighted by Crippen LogP contribution is 2.32. The summed E-state index contributed by atoms with van der Waals surface area (Å²) >= 11 is 1.36. The molecule has 1 N–H and O–H groups in total. The molecule has 2 heterocycles. The number of hydrogen-bond acceptors (Lipinski definition) is 6. The lowest BCUT2D eigenvalue weighted by molar-refractivity contribution is -0.113. The quantitative estimate of drug-likeness (QED) is 0.643. The Balaban J connectivity index is 1.40. The number of amides is 1. The van der Waals surface area contributed by atoms with Crippen molar-refractivity contribution >= 4 is 23.4 Å². The highest BCUT2D eigenvalue weighted by Gasteiger charge is 2.14. The van der Waals surface area contributed by atoms with Crippen LogP contribution in [-0.4, -0.2) is 41.5 Å². The zero-order valence-electron chi connectivity index (χ0n) is 15.3. The number of ether oxygens (including phenoxy) is 3. The lowest BCUT2D eigenvalue weighted by atomic mass is 10.2. The van der Waals surface area contributed by atoms with Gasteiger partial charge in [-0.2, -0.15) is 0 Å². The molecule has 1 aliphatic rings. The number of imidazole rings is 1. The molecule has 0 fully saturated rings. The summed E-state index contributed by atoms with van der Waals surface area (Å²) in [5, 5.41) is 3.61. The largest absolute Gasteiger partial charge is 0.497 e. The third-order valence-corrected chi connectivity index (χ3v) is 5.06. The number of benzene rings is 2. The second-order valence-corrected chi connectivity index (χ2v) is 6.92. The minimum Gasteiger partial charge on any atom is -0.497 e. The second kappa shape index (κ2) is 8.26. The van der Waals surface area contributed by atoms with E-state index in [4.69, 9.17) is 14.2 Å². The number of carbonyl (C=O) groups is 1. The van der Waals surface area contributed by atoms with Crippen molar-refractivity contribution in [2.24, 2.45) is 0 Å². The molecule has 1 aromatic heterocycles. The average molecular weight is 397 g/mol. The highest BCUT2D eigenvalue weighted by atomic mass is 32.2. The van der Waals surface area contributed by atoms with Crippen LogP contribution in [0.3, 0.4) is 0 Å². The predicted octanol–water partition coefficient (Wildman–Crippen LogP) is 3.38. The van der Waals surface area contributed by atoms with Gasteiger partial charge in [0.25, 0.3) is 0 Å². The van der Waals surface area contributed by atoms with Crippen molar-refractivity contribution < 1.29 is 19.0 Å². The maximum absolute atomic E-state index is 12.4. The van der Waals surface area contributed by atoms with Gasteiger partial charge in [0, 0.05) is 30.2 Å². The first-order valence-corrected chi connectivity index (χ1v) is 9.71. The standard InChI is InChI=1S/C20H19N3O4S/c1-25-16-4-2-3-15(12-16)23-8-7-21-20(23)28-13-19(24)22-14-5-6-17-18(11-14)27-10-9-26-17/h2-8,11-12H,9-10,13H2,1H3,(H,22,24). The van der Waals surface area contributed by atoms with Gasteiger partial charge < -0.3 is 19.5 Å². The molecule has 0 atom stereocenters. The van der Waals surface area contributed by atoms with Crippen LogP contribution in [0.2, 0.25) is 0 Å². The zero-order valence-corrected chi connectivity index (χ0v) is 16.1. The summed E-state index contributed by atoms with van der Waals surface area (Å²) < 4.78 is 18.2. The number of fused-ring (bicyclic) bond motifs is 1. The average Bonchev–Trinajstić information content (AvgIpc) is 3.21. The van der Waals surface area contributed by atoms with Gasteiger partial charge in [-0.1, -0.05) is 17.8 Å². The number of nitrogens with zero attached hydrogens (tertiary/aromatic N) is 2. The Morgan fingerprint density at radius 2 is 2.07 bits per heavy atom. The van der Waals surface area contributed by atoms with Gasteiger partial charge >= 0.3 is 0 Å². The van der Waals surface area contributed by atoms with E-state index in [0.29, 0.717) is 30.4 Å².